The number of nitrogens with zero attached hydrogens (tertiary/aromatic N) is 2. The molecule has 4 N–H and O–H groups in total. The van der Waals surface area contributed by atoms with Gasteiger partial charge < -0.3 is 26.2 Å². The zero-order chi connectivity index (χ0) is 41.2. The van der Waals surface area contributed by atoms with Crippen LogP contribution in [0.15, 0.2) is 12.7 Å². The molecule has 3 aliphatic carbocycles. The maximum atomic E-state index is 15.3. The molecule has 5 rings (SSSR count). The van der Waals surface area contributed by atoms with Gasteiger partial charge in [-0.3, -0.25) is 28.9 Å². The van der Waals surface area contributed by atoms with E-state index in [9.17, 15) is 24.0 Å². The van der Waals surface area contributed by atoms with Crippen molar-refractivity contribution >= 4 is 35.4 Å². The highest BCUT2D eigenvalue weighted by molar-refractivity contribution is 5.99. The van der Waals surface area contributed by atoms with Crippen LogP contribution in [-0.2, 0) is 24.0 Å². The number of hydrogen-bond donors (Lipinski definition) is 4. The normalized spacial score (nSPS) is 27.9. The summed E-state index contributed by atoms with van der Waals surface area (Å²) in [6.45, 7) is 20.9. The molecule has 12 nitrogen and oxygen atoms in total. The molecule has 5 aliphatic rings. The predicted molar refractivity (Wildman–Crippen MR) is 217 cm³/mol. The number of unbranched alkanes of at least 4 members (excludes halogenated alkanes) is 1. The average Bonchev–Trinajstić information content (AvgIpc) is 3.68. The van der Waals surface area contributed by atoms with Crippen LogP contribution in [0.3, 0.4) is 0 Å². The van der Waals surface area contributed by atoms with Crippen LogP contribution in [0.4, 0.5) is 4.79 Å². The smallest absolute Gasteiger partial charge is 0.315 e. The molecule has 2 unspecified atom stereocenters. The first-order valence-corrected chi connectivity index (χ1v) is 21.6. The first kappa shape index (κ1) is 43.8. The topological polar surface area (TPSA) is 157 Å². The van der Waals surface area contributed by atoms with Gasteiger partial charge in [-0.25, -0.2) is 4.79 Å². The zero-order valence-electron chi connectivity index (χ0n) is 35.7. The number of piperidine rings is 1. The van der Waals surface area contributed by atoms with E-state index in [1.54, 1.807) is 11.0 Å². The lowest BCUT2D eigenvalue weighted by Crippen LogP contribution is -2.63. The Morgan fingerprint density at radius 2 is 1.59 bits per heavy atom. The van der Waals surface area contributed by atoms with E-state index in [4.69, 9.17) is 0 Å². The Labute approximate surface area is 335 Å². The third-order valence-electron chi connectivity index (χ3n) is 14.1. The van der Waals surface area contributed by atoms with Crippen molar-refractivity contribution in [1.82, 2.24) is 31.1 Å². The first-order chi connectivity index (χ1) is 26.3. The van der Waals surface area contributed by atoms with Crippen LogP contribution in [0.2, 0.25) is 0 Å². The van der Waals surface area contributed by atoms with E-state index in [-0.39, 0.29) is 78.5 Å². The maximum Gasteiger partial charge on any atom is 0.315 e. The van der Waals surface area contributed by atoms with Gasteiger partial charge in [-0.15, -0.1) is 6.58 Å². The predicted octanol–water partition coefficient (Wildman–Crippen LogP) is 5.50. The number of Topliss-reactive ketones (excluding diaryl/α,β-unsaturated/α-hetero) is 1. The fraction of sp³-hybridized carbons (Fsp3) is 0.818. The minimum absolute atomic E-state index is 0.0363. The van der Waals surface area contributed by atoms with Gasteiger partial charge in [-0.05, 0) is 77.9 Å². The summed E-state index contributed by atoms with van der Waals surface area (Å²) in [6.07, 6.45) is 12.0. The molecular weight excluding hydrogens is 709 g/mol. The molecule has 56 heavy (non-hydrogen) atoms. The minimum atomic E-state index is -0.900. The summed E-state index contributed by atoms with van der Waals surface area (Å²) in [6, 6.07) is -3.43. The van der Waals surface area contributed by atoms with Crippen LogP contribution in [-0.4, -0.2) is 95.6 Å². The van der Waals surface area contributed by atoms with Crippen LogP contribution in [0.1, 0.15) is 139 Å². The number of hydrogen-bond acceptors (Lipinski definition) is 7. The van der Waals surface area contributed by atoms with Crippen LogP contribution in [0, 0.1) is 39.4 Å². The fourth-order valence-corrected chi connectivity index (χ4v) is 10.6. The number of likely N-dealkylation sites (tertiary alicyclic amines) is 2. The third kappa shape index (κ3) is 9.70. The highest BCUT2D eigenvalue weighted by Gasteiger charge is 2.66. The standard InChI is InChI=1S/C44H72N6O6/c1-10-12-16-30(31(51)25-45-21-11-2)46-38(54)36-35-28(3)22-44(19-20-44)29(35)26-50(36)39(55)37(43(9)17-14-13-15-18-43)48-40(56)47-32(41(4,5)6)27-49-33(52)23-42(7,8)24-34(49)53/h11,28-30,32,35-37,45H,2,10,12-27H2,1,3-9H3,(H,46,54)(H2,47,48,56)/t28-,29-,30?,32+,35?,36-,37+/m0/s1. The Morgan fingerprint density at radius 1 is 0.946 bits per heavy atom. The van der Waals surface area contributed by atoms with Gasteiger partial charge in [0, 0.05) is 32.5 Å². The van der Waals surface area contributed by atoms with Gasteiger partial charge in [0.2, 0.25) is 23.6 Å². The molecule has 7 atom stereocenters. The Hall–Kier alpha value is -3.28. The van der Waals surface area contributed by atoms with Crippen LogP contribution < -0.4 is 21.3 Å². The van der Waals surface area contributed by atoms with Gasteiger partial charge in [0.1, 0.15) is 12.1 Å². The van der Waals surface area contributed by atoms with E-state index in [0.717, 1.165) is 64.2 Å². The summed E-state index contributed by atoms with van der Waals surface area (Å²) in [5.74, 6) is -0.735. The molecule has 1 spiro atoms. The van der Waals surface area contributed by atoms with Crippen molar-refractivity contribution in [3.8, 4) is 0 Å². The number of nitrogens with one attached hydrogen (secondary N) is 4. The molecule has 12 heteroatoms. The number of carbonyl (C=O) groups is 6. The molecule has 0 aromatic rings. The Bertz CT molecular complexity index is 1490. The van der Waals surface area contributed by atoms with Crippen molar-refractivity contribution in [2.45, 2.75) is 163 Å². The molecule has 3 saturated carbocycles. The van der Waals surface area contributed by atoms with E-state index in [1.165, 1.54) is 4.90 Å². The number of carbonyl (C=O) groups excluding carboxylic acids is 6. The second-order valence-electron chi connectivity index (χ2n) is 20.4. The van der Waals surface area contributed by atoms with E-state index in [1.807, 2.05) is 34.6 Å². The van der Waals surface area contributed by atoms with Crippen molar-refractivity contribution in [3.63, 3.8) is 0 Å². The van der Waals surface area contributed by atoms with Crippen LogP contribution >= 0.6 is 0 Å². The molecule has 2 saturated heterocycles. The molecule has 314 valence electrons. The minimum Gasteiger partial charge on any atom is -0.344 e. The molecular formula is C44H72N6O6. The van der Waals surface area contributed by atoms with E-state index < -0.39 is 46.4 Å². The van der Waals surface area contributed by atoms with Crippen LogP contribution in [0.5, 0.6) is 0 Å². The lowest BCUT2D eigenvalue weighted by Gasteiger charge is -2.43. The molecule has 0 bridgehead atoms. The molecule has 2 heterocycles. The second kappa shape index (κ2) is 17.3. The zero-order valence-corrected chi connectivity index (χ0v) is 35.7. The van der Waals surface area contributed by atoms with Gasteiger partial charge in [0.15, 0.2) is 5.78 Å². The molecule has 0 aromatic heterocycles. The monoisotopic (exact) mass is 781 g/mol. The first-order valence-electron chi connectivity index (χ1n) is 21.6. The molecule has 5 fully saturated rings. The van der Waals surface area contributed by atoms with E-state index in [2.05, 4.69) is 48.6 Å². The summed E-state index contributed by atoms with van der Waals surface area (Å²) >= 11 is 0. The largest absolute Gasteiger partial charge is 0.344 e. The van der Waals surface area contributed by atoms with Crippen molar-refractivity contribution in [3.05, 3.63) is 12.7 Å². The van der Waals surface area contributed by atoms with Gasteiger partial charge in [-0.2, -0.15) is 0 Å². The molecule has 6 amide bonds. The van der Waals surface area contributed by atoms with Crippen molar-refractivity contribution in [1.29, 1.82) is 0 Å². The average molecular weight is 781 g/mol. The Morgan fingerprint density at radius 3 is 2.16 bits per heavy atom. The summed E-state index contributed by atoms with van der Waals surface area (Å²) in [5.41, 5.74) is -1.34. The third-order valence-corrected chi connectivity index (χ3v) is 14.1. The second-order valence-corrected chi connectivity index (χ2v) is 20.4. The number of rotatable bonds is 16. The van der Waals surface area contributed by atoms with Crippen LogP contribution in [0.25, 0.3) is 0 Å². The fourth-order valence-electron chi connectivity index (χ4n) is 10.6. The summed E-state index contributed by atoms with van der Waals surface area (Å²) < 4.78 is 0. The highest BCUT2D eigenvalue weighted by atomic mass is 16.2. The molecule has 0 radical (unpaired) electrons. The van der Waals surface area contributed by atoms with Gasteiger partial charge in [0.25, 0.3) is 0 Å². The summed E-state index contributed by atoms with van der Waals surface area (Å²) in [4.78, 5) is 87.0. The van der Waals surface area contributed by atoms with Crippen molar-refractivity contribution in [2.75, 3.05) is 26.2 Å². The molecule has 2 aliphatic heterocycles. The quantitative estimate of drug-likeness (QED) is 0.0916. The summed E-state index contributed by atoms with van der Waals surface area (Å²) in [7, 11) is 0. The number of urea groups is 1. The Kier molecular flexibility index (Phi) is 13.5. The van der Waals surface area contributed by atoms with Gasteiger partial charge >= 0.3 is 6.03 Å². The number of imide groups is 1. The van der Waals surface area contributed by atoms with E-state index >= 15 is 4.79 Å². The summed E-state index contributed by atoms with van der Waals surface area (Å²) in [5, 5.41) is 12.4. The van der Waals surface area contributed by atoms with Crippen molar-refractivity contribution < 1.29 is 28.8 Å². The van der Waals surface area contributed by atoms with Gasteiger partial charge in [0.05, 0.1) is 18.6 Å². The lowest BCUT2D eigenvalue weighted by atomic mass is 9.70. The number of fused-ring (bicyclic) bond motifs is 2. The SMILES string of the molecule is C=CCNCC(=O)C(CCCC)NC(=O)[C@@H]1C2[C@@H](C)CC3(CC3)[C@H]2CN1C(=O)[C@@H](NC(=O)N[C@H](CN1C(=O)CC(C)(C)CC1=O)C(C)(C)C)C1(C)CCCCC1. The highest BCUT2D eigenvalue weighted by Crippen LogP contribution is 2.68. The number of ketones is 1. The van der Waals surface area contributed by atoms with Gasteiger partial charge in [-0.1, -0.05) is 93.6 Å². The Balaban J connectivity index is 1.42. The van der Waals surface area contributed by atoms with E-state index in [0.29, 0.717) is 19.5 Å². The number of amides is 6. The van der Waals surface area contributed by atoms with Crippen molar-refractivity contribution in [2.24, 2.45) is 39.4 Å². The molecule has 0 aromatic carbocycles. The maximum absolute atomic E-state index is 15.3. The lowest BCUT2D eigenvalue weighted by molar-refractivity contribution is -0.153.